The van der Waals surface area contributed by atoms with Gasteiger partial charge in [-0.3, -0.25) is 9.48 Å². The van der Waals surface area contributed by atoms with Crippen molar-refractivity contribution in [1.29, 1.82) is 0 Å². The Balaban J connectivity index is 0.00000210. The topological polar surface area (TPSA) is 59.4 Å². The smallest absolute Gasteiger partial charge is 0.274 e. The third-order valence-electron chi connectivity index (χ3n) is 5.20. The monoisotopic (exact) mass is 390 g/mol. The number of benzene rings is 1. The molecule has 2 saturated heterocycles. The van der Waals surface area contributed by atoms with Crippen molar-refractivity contribution in [2.75, 3.05) is 32.8 Å². The molecular weight excluding hydrogens is 364 g/mol. The molecule has 2 aromatic rings. The van der Waals surface area contributed by atoms with Gasteiger partial charge in [-0.05, 0) is 31.0 Å². The highest BCUT2D eigenvalue weighted by molar-refractivity contribution is 5.92. The number of carbonyl (C=O) groups is 1. The summed E-state index contributed by atoms with van der Waals surface area (Å²) in [5.74, 6) is 0.00822. The van der Waals surface area contributed by atoms with Gasteiger partial charge in [0.1, 0.15) is 5.69 Å². The molecule has 2 aliphatic heterocycles. The number of piperidine rings is 1. The molecule has 6 nitrogen and oxygen atoms in total. The summed E-state index contributed by atoms with van der Waals surface area (Å²) >= 11 is 0. The van der Waals surface area contributed by atoms with Crippen LogP contribution in [-0.4, -0.2) is 59.5 Å². The number of hydrogen-bond acceptors (Lipinski definition) is 4. The van der Waals surface area contributed by atoms with Gasteiger partial charge < -0.3 is 15.0 Å². The summed E-state index contributed by atoms with van der Waals surface area (Å²) in [4.78, 5) is 14.8. The van der Waals surface area contributed by atoms with Crippen LogP contribution < -0.4 is 5.32 Å². The largest absolute Gasteiger partial charge is 0.374 e. The van der Waals surface area contributed by atoms with Gasteiger partial charge in [0.15, 0.2) is 0 Å². The van der Waals surface area contributed by atoms with Crippen molar-refractivity contribution in [1.82, 2.24) is 20.0 Å². The highest BCUT2D eigenvalue weighted by Gasteiger charge is 2.27. The Morgan fingerprint density at radius 1 is 1.26 bits per heavy atom. The van der Waals surface area contributed by atoms with Crippen LogP contribution in [0.5, 0.6) is 0 Å². The van der Waals surface area contributed by atoms with Gasteiger partial charge in [0, 0.05) is 32.3 Å². The van der Waals surface area contributed by atoms with Crippen LogP contribution in [0.2, 0.25) is 0 Å². The van der Waals surface area contributed by atoms with Crippen molar-refractivity contribution in [3.8, 4) is 0 Å². The van der Waals surface area contributed by atoms with Crippen molar-refractivity contribution < 1.29 is 9.53 Å². The van der Waals surface area contributed by atoms with Crippen LogP contribution in [0.1, 0.15) is 34.9 Å². The fourth-order valence-corrected chi connectivity index (χ4v) is 3.78. The van der Waals surface area contributed by atoms with Gasteiger partial charge in [0.05, 0.1) is 18.8 Å². The minimum atomic E-state index is 0. The number of halogens is 1. The zero-order valence-electron chi connectivity index (χ0n) is 15.4. The average Bonchev–Trinajstić information content (AvgIpc) is 3.19. The quantitative estimate of drug-likeness (QED) is 0.870. The highest BCUT2D eigenvalue weighted by Crippen LogP contribution is 2.18. The fraction of sp³-hybridized carbons (Fsp3) is 0.500. The molecule has 2 atom stereocenters. The van der Waals surface area contributed by atoms with Crippen molar-refractivity contribution in [2.45, 2.75) is 31.4 Å². The molecule has 146 valence electrons. The van der Waals surface area contributed by atoms with E-state index in [9.17, 15) is 4.79 Å². The van der Waals surface area contributed by atoms with Gasteiger partial charge >= 0.3 is 0 Å². The summed E-state index contributed by atoms with van der Waals surface area (Å²) in [6.45, 7) is 3.82. The Bertz CT molecular complexity index is 731. The van der Waals surface area contributed by atoms with E-state index in [4.69, 9.17) is 4.74 Å². The number of hydrogen-bond donors (Lipinski definition) is 1. The number of ether oxygens (including phenoxy) is 1. The highest BCUT2D eigenvalue weighted by atomic mass is 35.5. The lowest BCUT2D eigenvalue weighted by molar-refractivity contribution is -0.0210. The summed E-state index contributed by atoms with van der Waals surface area (Å²) in [5, 5.41) is 7.95. The first-order valence-corrected chi connectivity index (χ1v) is 9.50. The van der Waals surface area contributed by atoms with Crippen LogP contribution in [0.3, 0.4) is 0 Å². The lowest BCUT2D eigenvalue weighted by Gasteiger charge is -2.32. The predicted octanol–water partition coefficient (Wildman–Crippen LogP) is 2.31. The summed E-state index contributed by atoms with van der Waals surface area (Å²) in [6.07, 6.45) is 5.07. The van der Waals surface area contributed by atoms with Crippen molar-refractivity contribution in [3.05, 3.63) is 53.9 Å². The number of amides is 1. The Morgan fingerprint density at radius 3 is 2.89 bits per heavy atom. The molecule has 1 N–H and O–H groups in total. The van der Waals surface area contributed by atoms with E-state index in [2.05, 4.69) is 22.5 Å². The first-order chi connectivity index (χ1) is 12.8. The zero-order chi connectivity index (χ0) is 17.8. The molecule has 0 aliphatic carbocycles. The van der Waals surface area contributed by atoms with Crippen LogP contribution in [0, 0.1) is 0 Å². The molecule has 0 saturated carbocycles. The molecule has 4 rings (SSSR count). The molecule has 0 spiro atoms. The zero-order valence-corrected chi connectivity index (χ0v) is 16.2. The second kappa shape index (κ2) is 9.35. The van der Waals surface area contributed by atoms with Crippen LogP contribution in [-0.2, 0) is 11.2 Å². The normalized spacial score (nSPS) is 22.9. The van der Waals surface area contributed by atoms with Crippen LogP contribution in [0.15, 0.2) is 42.6 Å². The van der Waals surface area contributed by atoms with E-state index in [1.54, 1.807) is 0 Å². The number of morpholine rings is 1. The second-order valence-corrected chi connectivity index (χ2v) is 7.11. The third kappa shape index (κ3) is 4.89. The van der Waals surface area contributed by atoms with E-state index in [0.717, 1.165) is 32.4 Å². The molecule has 2 aliphatic rings. The molecule has 1 aromatic carbocycles. The van der Waals surface area contributed by atoms with Gasteiger partial charge in [0.25, 0.3) is 5.91 Å². The Morgan fingerprint density at radius 2 is 2.11 bits per heavy atom. The number of nitrogens with zero attached hydrogens (tertiary/aromatic N) is 3. The Hall–Kier alpha value is -1.89. The summed E-state index contributed by atoms with van der Waals surface area (Å²) in [5.41, 5.74) is 1.77. The van der Waals surface area contributed by atoms with Gasteiger partial charge in [-0.2, -0.15) is 5.10 Å². The number of aromatic nitrogens is 2. The summed E-state index contributed by atoms with van der Waals surface area (Å²) in [6, 6.07) is 12.5. The summed E-state index contributed by atoms with van der Waals surface area (Å²) in [7, 11) is 0. The number of carbonyl (C=O) groups excluding carboxylic acids is 1. The van der Waals surface area contributed by atoms with E-state index in [1.807, 2.05) is 40.0 Å². The molecule has 2 fully saturated rings. The lowest BCUT2D eigenvalue weighted by atomic mass is 10.1. The Labute approximate surface area is 166 Å². The molecule has 3 heterocycles. The van der Waals surface area contributed by atoms with Gasteiger partial charge in [-0.15, -0.1) is 12.4 Å². The molecule has 0 bridgehead atoms. The Kier molecular flexibility index (Phi) is 6.88. The molecular formula is C20H27ClN4O2. The van der Waals surface area contributed by atoms with Crippen LogP contribution >= 0.6 is 12.4 Å². The van der Waals surface area contributed by atoms with Crippen molar-refractivity contribution in [3.63, 3.8) is 0 Å². The first kappa shape index (κ1) is 19.9. The first-order valence-electron chi connectivity index (χ1n) is 9.50. The molecule has 1 amide bonds. The maximum atomic E-state index is 12.9. The van der Waals surface area contributed by atoms with Crippen molar-refractivity contribution in [2.24, 2.45) is 0 Å². The van der Waals surface area contributed by atoms with Crippen LogP contribution in [0.25, 0.3) is 0 Å². The van der Waals surface area contributed by atoms with Crippen molar-refractivity contribution >= 4 is 18.3 Å². The molecule has 7 heteroatoms. The minimum absolute atomic E-state index is 0. The molecule has 27 heavy (non-hydrogen) atoms. The number of rotatable bonds is 4. The van der Waals surface area contributed by atoms with E-state index in [-0.39, 0.29) is 24.4 Å². The van der Waals surface area contributed by atoms with E-state index < -0.39 is 0 Å². The van der Waals surface area contributed by atoms with Crippen LogP contribution in [0.4, 0.5) is 0 Å². The second-order valence-electron chi connectivity index (χ2n) is 7.11. The maximum absolute atomic E-state index is 12.9. The maximum Gasteiger partial charge on any atom is 0.274 e. The SMILES string of the molecule is Cl.O=C(c1ccn(C2CCCNC2)n1)N1CCOC(Cc2ccccc2)C1. The standard InChI is InChI=1S/C20H26N4O2.ClH/c25-20(19-8-10-24(22-19)17-7-4-9-21-14-17)23-11-12-26-18(15-23)13-16-5-2-1-3-6-16;/h1-3,5-6,8,10,17-18,21H,4,7,9,11-15H2;1H. The van der Waals surface area contributed by atoms with E-state index >= 15 is 0 Å². The molecule has 2 unspecified atom stereocenters. The average molecular weight is 391 g/mol. The van der Waals surface area contributed by atoms with Gasteiger partial charge in [-0.1, -0.05) is 30.3 Å². The predicted molar refractivity (Wildman–Crippen MR) is 106 cm³/mol. The third-order valence-corrected chi connectivity index (χ3v) is 5.20. The minimum Gasteiger partial charge on any atom is -0.374 e. The molecule has 0 radical (unpaired) electrons. The fourth-order valence-electron chi connectivity index (χ4n) is 3.78. The summed E-state index contributed by atoms with van der Waals surface area (Å²) < 4.78 is 7.82. The number of nitrogens with one attached hydrogen (secondary N) is 1. The lowest BCUT2D eigenvalue weighted by Crippen LogP contribution is -2.46. The molecule has 1 aromatic heterocycles. The van der Waals surface area contributed by atoms with E-state index in [0.29, 0.717) is 31.4 Å². The van der Waals surface area contributed by atoms with Gasteiger partial charge in [-0.25, -0.2) is 0 Å². The van der Waals surface area contributed by atoms with Gasteiger partial charge in [0.2, 0.25) is 0 Å². The van der Waals surface area contributed by atoms with E-state index in [1.165, 1.54) is 5.56 Å².